The Kier molecular flexibility index (Phi) is 3.13. The molecule has 0 bridgehead atoms. The molecule has 1 aromatic rings. The number of Topliss-reactive ketones (excluding diaryl/α,β-unsaturated/α-hetero) is 1. The summed E-state index contributed by atoms with van der Waals surface area (Å²) in [6.45, 7) is 5.11. The zero-order valence-corrected chi connectivity index (χ0v) is 13.2. The quantitative estimate of drug-likeness (QED) is 0.776. The highest BCUT2D eigenvalue weighted by atomic mass is 16.2. The largest absolute Gasteiger partial charge is 0.321 e. The molecule has 2 aliphatic heterocycles. The molecule has 5 nitrogen and oxygen atoms in total. The molecule has 1 aromatic carbocycles. The number of rotatable bonds is 2. The van der Waals surface area contributed by atoms with Crippen LogP contribution >= 0.6 is 0 Å². The Labute approximate surface area is 129 Å². The van der Waals surface area contributed by atoms with Crippen molar-refractivity contribution in [3.63, 3.8) is 0 Å². The number of hydrogen-bond donors (Lipinski definition) is 0. The number of nitrogens with zero attached hydrogens (tertiary/aromatic N) is 2. The lowest BCUT2D eigenvalue weighted by molar-refractivity contribution is -0.141. The Balaban J connectivity index is 2.17. The Morgan fingerprint density at radius 1 is 1.09 bits per heavy atom. The van der Waals surface area contributed by atoms with Gasteiger partial charge in [-0.25, -0.2) is 0 Å². The topological polar surface area (TPSA) is 57.7 Å². The fourth-order valence-corrected chi connectivity index (χ4v) is 3.76. The summed E-state index contributed by atoms with van der Waals surface area (Å²) < 4.78 is 0. The normalized spacial score (nSPS) is 29.9. The highest BCUT2D eigenvalue weighted by molar-refractivity contribution is 6.08. The first-order valence-electron chi connectivity index (χ1n) is 7.44. The first-order valence-corrected chi connectivity index (χ1v) is 7.44. The third kappa shape index (κ3) is 1.74. The zero-order chi connectivity index (χ0) is 16.2. The summed E-state index contributed by atoms with van der Waals surface area (Å²) >= 11 is 0. The van der Waals surface area contributed by atoms with Crippen LogP contribution in [0.3, 0.4) is 0 Å². The number of fused-ring (bicyclic) bond motifs is 1. The van der Waals surface area contributed by atoms with Gasteiger partial charge in [-0.05, 0) is 26.3 Å². The SMILES string of the molecule is CC(=O)[C@@H]1C(=O)N2[C@H](C(=O)N(C)C2(C)C)[C@H]1c1ccccc1. The summed E-state index contributed by atoms with van der Waals surface area (Å²) in [5.74, 6) is -1.71. The molecule has 116 valence electrons. The van der Waals surface area contributed by atoms with Gasteiger partial charge in [0.1, 0.15) is 23.4 Å². The average molecular weight is 300 g/mol. The minimum atomic E-state index is -0.774. The van der Waals surface area contributed by atoms with Crippen molar-refractivity contribution < 1.29 is 14.4 Å². The molecule has 0 spiro atoms. The molecule has 2 heterocycles. The molecule has 2 amide bonds. The van der Waals surface area contributed by atoms with Crippen LogP contribution in [0, 0.1) is 5.92 Å². The molecular formula is C17H20N2O3. The maximum Gasteiger partial charge on any atom is 0.247 e. The molecule has 0 aromatic heterocycles. The van der Waals surface area contributed by atoms with Crippen LogP contribution in [0.4, 0.5) is 0 Å². The van der Waals surface area contributed by atoms with E-state index >= 15 is 0 Å². The number of amides is 2. The molecule has 3 rings (SSSR count). The van der Waals surface area contributed by atoms with E-state index in [-0.39, 0.29) is 17.6 Å². The van der Waals surface area contributed by atoms with E-state index in [9.17, 15) is 14.4 Å². The summed E-state index contributed by atoms with van der Waals surface area (Å²) in [6.07, 6.45) is 0. The van der Waals surface area contributed by atoms with Crippen molar-refractivity contribution in [1.82, 2.24) is 9.80 Å². The zero-order valence-electron chi connectivity index (χ0n) is 13.2. The van der Waals surface area contributed by atoms with Gasteiger partial charge in [-0.3, -0.25) is 14.4 Å². The fourth-order valence-electron chi connectivity index (χ4n) is 3.76. The predicted octanol–water partition coefficient (Wildman–Crippen LogP) is 1.39. The van der Waals surface area contributed by atoms with Crippen molar-refractivity contribution in [2.24, 2.45) is 5.92 Å². The number of carbonyl (C=O) groups excluding carboxylic acids is 3. The first kappa shape index (κ1) is 14.8. The second-order valence-electron chi connectivity index (χ2n) is 6.57. The van der Waals surface area contributed by atoms with Crippen molar-refractivity contribution in [3.8, 4) is 0 Å². The van der Waals surface area contributed by atoms with Crippen LogP contribution < -0.4 is 0 Å². The molecule has 2 saturated heterocycles. The van der Waals surface area contributed by atoms with Gasteiger partial charge in [0.15, 0.2) is 0 Å². The lowest BCUT2D eigenvalue weighted by atomic mass is 9.81. The first-order chi connectivity index (χ1) is 10.3. The Bertz CT molecular complexity index is 653. The van der Waals surface area contributed by atoms with Gasteiger partial charge < -0.3 is 9.80 Å². The molecular weight excluding hydrogens is 280 g/mol. The summed E-state index contributed by atoms with van der Waals surface area (Å²) in [7, 11) is 1.71. The van der Waals surface area contributed by atoms with Crippen LogP contribution in [0.15, 0.2) is 30.3 Å². The van der Waals surface area contributed by atoms with E-state index in [1.54, 1.807) is 16.8 Å². The molecule has 5 heteroatoms. The highest BCUT2D eigenvalue weighted by Crippen LogP contribution is 2.48. The van der Waals surface area contributed by atoms with Crippen molar-refractivity contribution in [2.45, 2.75) is 38.4 Å². The smallest absolute Gasteiger partial charge is 0.247 e. The number of carbonyl (C=O) groups is 3. The Hall–Kier alpha value is -2.17. The maximum absolute atomic E-state index is 12.8. The van der Waals surface area contributed by atoms with E-state index in [0.717, 1.165) is 5.56 Å². The van der Waals surface area contributed by atoms with Gasteiger partial charge in [-0.1, -0.05) is 30.3 Å². The van der Waals surface area contributed by atoms with Crippen LogP contribution in [0.25, 0.3) is 0 Å². The third-order valence-electron chi connectivity index (χ3n) is 5.10. The minimum absolute atomic E-state index is 0.101. The standard InChI is InChI=1S/C17H20N2O3/c1-10(20)12-13(11-8-6-5-7-9-11)14-16(22)18(4)17(2,3)19(14)15(12)21/h5-9,12-14H,1-4H3/t12-,13-,14-/m0/s1. The van der Waals surface area contributed by atoms with Crippen molar-refractivity contribution >= 4 is 17.6 Å². The van der Waals surface area contributed by atoms with Crippen LogP contribution in [0.2, 0.25) is 0 Å². The Morgan fingerprint density at radius 2 is 1.68 bits per heavy atom. The third-order valence-corrected chi connectivity index (χ3v) is 5.10. The molecule has 0 unspecified atom stereocenters. The summed E-state index contributed by atoms with van der Waals surface area (Å²) in [5.41, 5.74) is 0.152. The Morgan fingerprint density at radius 3 is 2.23 bits per heavy atom. The van der Waals surface area contributed by atoms with E-state index in [0.29, 0.717) is 0 Å². The molecule has 0 radical (unpaired) electrons. The van der Waals surface area contributed by atoms with E-state index in [1.807, 2.05) is 44.2 Å². The monoisotopic (exact) mass is 300 g/mol. The second kappa shape index (κ2) is 4.66. The molecule has 3 atom stereocenters. The van der Waals surface area contributed by atoms with Gasteiger partial charge >= 0.3 is 0 Å². The number of ketones is 1. The molecule has 0 saturated carbocycles. The molecule has 2 fully saturated rings. The van der Waals surface area contributed by atoms with Crippen molar-refractivity contribution in [2.75, 3.05) is 7.05 Å². The lowest BCUT2D eigenvalue weighted by Crippen LogP contribution is -2.50. The summed E-state index contributed by atoms with van der Waals surface area (Å²) in [5, 5.41) is 0. The summed E-state index contributed by atoms with van der Waals surface area (Å²) in [6, 6.07) is 8.80. The second-order valence-corrected chi connectivity index (χ2v) is 6.57. The van der Waals surface area contributed by atoms with E-state index in [1.165, 1.54) is 6.92 Å². The number of likely N-dealkylation sites (N-methyl/N-ethyl adjacent to an activating group) is 1. The van der Waals surface area contributed by atoms with E-state index < -0.39 is 23.5 Å². The molecule has 0 aliphatic carbocycles. The lowest BCUT2D eigenvalue weighted by Gasteiger charge is -2.35. The molecule has 22 heavy (non-hydrogen) atoms. The molecule has 0 N–H and O–H groups in total. The minimum Gasteiger partial charge on any atom is -0.321 e. The van der Waals surface area contributed by atoms with E-state index in [4.69, 9.17) is 0 Å². The van der Waals surface area contributed by atoms with Gasteiger partial charge in [0.05, 0.1) is 0 Å². The average Bonchev–Trinajstić information content (AvgIpc) is 2.88. The van der Waals surface area contributed by atoms with Crippen LogP contribution in [0.1, 0.15) is 32.3 Å². The van der Waals surface area contributed by atoms with Crippen molar-refractivity contribution in [1.29, 1.82) is 0 Å². The molecule has 2 aliphatic rings. The van der Waals surface area contributed by atoms with Crippen molar-refractivity contribution in [3.05, 3.63) is 35.9 Å². The predicted molar refractivity (Wildman–Crippen MR) is 80.8 cm³/mol. The number of hydrogen-bond acceptors (Lipinski definition) is 3. The van der Waals surface area contributed by atoms with Gasteiger partial charge in [0.25, 0.3) is 0 Å². The summed E-state index contributed by atoms with van der Waals surface area (Å²) in [4.78, 5) is 40.9. The maximum atomic E-state index is 12.8. The van der Waals surface area contributed by atoms with Gasteiger partial charge in [0.2, 0.25) is 11.8 Å². The van der Waals surface area contributed by atoms with Gasteiger partial charge in [-0.15, -0.1) is 0 Å². The van der Waals surface area contributed by atoms with E-state index in [2.05, 4.69) is 0 Å². The van der Waals surface area contributed by atoms with Gasteiger partial charge in [0, 0.05) is 13.0 Å². The van der Waals surface area contributed by atoms with Crippen LogP contribution in [0.5, 0.6) is 0 Å². The van der Waals surface area contributed by atoms with Gasteiger partial charge in [-0.2, -0.15) is 0 Å². The fraction of sp³-hybridized carbons (Fsp3) is 0.471. The number of benzene rings is 1. The van der Waals surface area contributed by atoms with Crippen LogP contribution in [-0.4, -0.2) is 46.1 Å². The highest BCUT2D eigenvalue weighted by Gasteiger charge is 2.63. The van der Waals surface area contributed by atoms with Crippen LogP contribution in [-0.2, 0) is 14.4 Å².